The van der Waals surface area contributed by atoms with Crippen molar-refractivity contribution in [2.24, 2.45) is 5.92 Å². The fraction of sp³-hybridized carbons (Fsp3) is 0.882. The maximum atomic E-state index is 12.2. The summed E-state index contributed by atoms with van der Waals surface area (Å²) in [7, 11) is 1.64. The van der Waals surface area contributed by atoms with E-state index in [0.717, 1.165) is 39.0 Å². The maximum absolute atomic E-state index is 12.2. The molecule has 6 heteroatoms. The first kappa shape index (κ1) is 19.9. The van der Waals surface area contributed by atoms with Gasteiger partial charge in [0.05, 0.1) is 19.1 Å². The van der Waals surface area contributed by atoms with Crippen LogP contribution in [0, 0.1) is 5.92 Å². The van der Waals surface area contributed by atoms with E-state index in [9.17, 15) is 9.59 Å². The van der Waals surface area contributed by atoms with E-state index in [1.54, 1.807) is 7.11 Å². The normalized spacial score (nSPS) is 17.3. The predicted octanol–water partition coefficient (Wildman–Crippen LogP) is 1.11. The van der Waals surface area contributed by atoms with Gasteiger partial charge >= 0.3 is 0 Å². The number of likely N-dealkylation sites (N-methyl/N-ethyl adjacent to an activating group) is 2. The lowest BCUT2D eigenvalue weighted by atomic mass is 9.95. The molecule has 1 aliphatic heterocycles. The van der Waals surface area contributed by atoms with Crippen molar-refractivity contribution in [1.82, 2.24) is 15.1 Å². The molecule has 1 heterocycles. The van der Waals surface area contributed by atoms with Crippen LogP contribution < -0.4 is 5.32 Å². The zero-order chi connectivity index (χ0) is 17.2. The Bertz CT molecular complexity index is 368. The van der Waals surface area contributed by atoms with E-state index in [0.29, 0.717) is 25.4 Å². The standard InChI is InChI=1S/C17H33N3O3/c1-5-18-16(21)13-19(6-2)12-15-7-9-20(10-8-15)17(22)11-14(3)23-4/h14-15H,5-13H2,1-4H3,(H,18,21). The molecule has 0 aromatic carbocycles. The number of carbonyl (C=O) groups is 2. The van der Waals surface area contributed by atoms with E-state index in [-0.39, 0.29) is 17.9 Å². The largest absolute Gasteiger partial charge is 0.381 e. The number of rotatable bonds is 9. The van der Waals surface area contributed by atoms with Gasteiger partial charge in [-0.05, 0) is 39.2 Å². The molecule has 1 saturated heterocycles. The molecule has 0 bridgehead atoms. The number of ether oxygens (including phenoxy) is 1. The van der Waals surface area contributed by atoms with Crippen molar-refractivity contribution in [3.8, 4) is 0 Å². The van der Waals surface area contributed by atoms with Gasteiger partial charge in [-0.3, -0.25) is 14.5 Å². The molecular formula is C17H33N3O3. The highest BCUT2D eigenvalue weighted by Crippen LogP contribution is 2.19. The zero-order valence-electron chi connectivity index (χ0n) is 15.1. The third kappa shape index (κ3) is 7.31. The molecule has 1 fully saturated rings. The van der Waals surface area contributed by atoms with Crippen LogP contribution in [0.25, 0.3) is 0 Å². The molecule has 1 rings (SSSR count). The Balaban J connectivity index is 2.34. The SMILES string of the molecule is CCNC(=O)CN(CC)CC1CCN(C(=O)CC(C)OC)CC1. The number of nitrogens with zero attached hydrogens (tertiary/aromatic N) is 2. The Labute approximate surface area is 140 Å². The van der Waals surface area contributed by atoms with E-state index in [2.05, 4.69) is 17.1 Å². The molecule has 0 spiro atoms. The molecule has 0 radical (unpaired) electrons. The van der Waals surface area contributed by atoms with Crippen LogP contribution in [0.4, 0.5) is 0 Å². The molecule has 1 aliphatic rings. The van der Waals surface area contributed by atoms with Crippen molar-refractivity contribution in [1.29, 1.82) is 0 Å². The third-order valence-electron chi connectivity index (χ3n) is 4.54. The van der Waals surface area contributed by atoms with Gasteiger partial charge < -0.3 is 15.0 Å². The fourth-order valence-electron chi connectivity index (χ4n) is 2.95. The van der Waals surface area contributed by atoms with Crippen LogP contribution in [-0.4, -0.2) is 74.1 Å². The van der Waals surface area contributed by atoms with Gasteiger partial charge in [-0.25, -0.2) is 0 Å². The molecule has 2 amide bonds. The first-order valence-electron chi connectivity index (χ1n) is 8.79. The highest BCUT2D eigenvalue weighted by molar-refractivity contribution is 5.78. The molecular weight excluding hydrogens is 294 g/mol. The number of piperidine rings is 1. The number of methoxy groups -OCH3 is 1. The Kier molecular flexibility index (Phi) is 9.17. The van der Waals surface area contributed by atoms with E-state index in [1.165, 1.54) is 0 Å². The van der Waals surface area contributed by atoms with Crippen molar-refractivity contribution < 1.29 is 14.3 Å². The summed E-state index contributed by atoms with van der Waals surface area (Å²) in [6, 6.07) is 0. The molecule has 0 aromatic heterocycles. The van der Waals surface area contributed by atoms with Crippen LogP contribution in [0.3, 0.4) is 0 Å². The second-order valence-electron chi connectivity index (χ2n) is 6.36. The minimum absolute atomic E-state index is 0.0205. The number of hydrogen-bond acceptors (Lipinski definition) is 4. The molecule has 134 valence electrons. The summed E-state index contributed by atoms with van der Waals surface area (Å²) in [5.41, 5.74) is 0. The molecule has 0 aromatic rings. The number of hydrogen-bond donors (Lipinski definition) is 1. The summed E-state index contributed by atoms with van der Waals surface area (Å²) < 4.78 is 5.16. The fourth-order valence-corrected chi connectivity index (χ4v) is 2.95. The van der Waals surface area contributed by atoms with Crippen molar-refractivity contribution in [3.63, 3.8) is 0 Å². The van der Waals surface area contributed by atoms with Crippen LogP contribution >= 0.6 is 0 Å². The Hall–Kier alpha value is -1.14. The van der Waals surface area contributed by atoms with Crippen molar-refractivity contribution in [2.45, 2.75) is 46.1 Å². The summed E-state index contributed by atoms with van der Waals surface area (Å²) in [6.45, 7) is 10.5. The predicted molar refractivity (Wildman–Crippen MR) is 91.2 cm³/mol. The summed E-state index contributed by atoms with van der Waals surface area (Å²) in [6.07, 6.45) is 2.46. The van der Waals surface area contributed by atoms with E-state index in [4.69, 9.17) is 4.74 Å². The minimum Gasteiger partial charge on any atom is -0.381 e. The lowest BCUT2D eigenvalue weighted by molar-refractivity contribution is -0.134. The summed E-state index contributed by atoms with van der Waals surface area (Å²) in [5.74, 6) is 0.844. The summed E-state index contributed by atoms with van der Waals surface area (Å²) >= 11 is 0. The average molecular weight is 327 g/mol. The molecule has 0 aliphatic carbocycles. The minimum atomic E-state index is -0.0205. The molecule has 1 N–H and O–H groups in total. The first-order valence-corrected chi connectivity index (χ1v) is 8.79. The molecule has 1 unspecified atom stereocenters. The summed E-state index contributed by atoms with van der Waals surface area (Å²) in [4.78, 5) is 28.0. The van der Waals surface area contributed by atoms with Crippen molar-refractivity contribution in [2.75, 3.05) is 46.4 Å². The van der Waals surface area contributed by atoms with Crippen LogP contribution in [0.1, 0.15) is 40.0 Å². The molecule has 6 nitrogen and oxygen atoms in total. The second-order valence-corrected chi connectivity index (χ2v) is 6.36. The Morgan fingerprint density at radius 1 is 1.30 bits per heavy atom. The third-order valence-corrected chi connectivity index (χ3v) is 4.54. The highest BCUT2D eigenvalue weighted by atomic mass is 16.5. The maximum Gasteiger partial charge on any atom is 0.234 e. The van der Waals surface area contributed by atoms with Gasteiger partial charge in [0, 0.05) is 33.3 Å². The number of amides is 2. The molecule has 23 heavy (non-hydrogen) atoms. The monoisotopic (exact) mass is 327 g/mol. The average Bonchev–Trinajstić information content (AvgIpc) is 2.54. The number of likely N-dealkylation sites (tertiary alicyclic amines) is 1. The van der Waals surface area contributed by atoms with Gasteiger partial charge in [-0.15, -0.1) is 0 Å². The topological polar surface area (TPSA) is 61.9 Å². The Morgan fingerprint density at radius 3 is 2.48 bits per heavy atom. The smallest absolute Gasteiger partial charge is 0.234 e. The van der Waals surface area contributed by atoms with Gasteiger partial charge in [0.1, 0.15) is 0 Å². The Morgan fingerprint density at radius 2 is 1.96 bits per heavy atom. The zero-order valence-corrected chi connectivity index (χ0v) is 15.1. The number of carbonyl (C=O) groups excluding carboxylic acids is 2. The van der Waals surface area contributed by atoms with Crippen LogP contribution in [0.5, 0.6) is 0 Å². The lowest BCUT2D eigenvalue weighted by Crippen LogP contribution is -2.44. The van der Waals surface area contributed by atoms with E-state index < -0.39 is 0 Å². The van der Waals surface area contributed by atoms with Gasteiger partial charge in [-0.2, -0.15) is 0 Å². The summed E-state index contributed by atoms with van der Waals surface area (Å²) in [5, 5.41) is 2.85. The van der Waals surface area contributed by atoms with E-state index >= 15 is 0 Å². The van der Waals surface area contributed by atoms with Gasteiger partial charge in [-0.1, -0.05) is 6.92 Å². The van der Waals surface area contributed by atoms with Gasteiger partial charge in [0.25, 0.3) is 0 Å². The van der Waals surface area contributed by atoms with Crippen molar-refractivity contribution in [3.05, 3.63) is 0 Å². The van der Waals surface area contributed by atoms with E-state index in [1.807, 2.05) is 18.7 Å². The molecule has 1 atom stereocenters. The second kappa shape index (κ2) is 10.6. The first-order chi connectivity index (χ1) is 11.0. The highest BCUT2D eigenvalue weighted by Gasteiger charge is 2.25. The number of nitrogens with one attached hydrogen (secondary N) is 1. The van der Waals surface area contributed by atoms with Crippen LogP contribution in [0.15, 0.2) is 0 Å². The molecule has 0 saturated carbocycles. The lowest BCUT2D eigenvalue weighted by Gasteiger charge is -2.35. The van der Waals surface area contributed by atoms with Gasteiger partial charge in [0.2, 0.25) is 11.8 Å². The van der Waals surface area contributed by atoms with Gasteiger partial charge in [0.15, 0.2) is 0 Å². The van der Waals surface area contributed by atoms with Crippen molar-refractivity contribution >= 4 is 11.8 Å². The van der Waals surface area contributed by atoms with Crippen LogP contribution in [0.2, 0.25) is 0 Å². The quantitative estimate of drug-likeness (QED) is 0.689. The van der Waals surface area contributed by atoms with Crippen LogP contribution in [-0.2, 0) is 14.3 Å².